The smallest absolute Gasteiger partial charge is 0.247 e. The number of hydrogen-bond donors (Lipinski definition) is 1. The van der Waals surface area contributed by atoms with Crippen LogP contribution >= 0.6 is 0 Å². The minimum Gasteiger partial charge on any atom is -0.360 e. The monoisotopic (exact) mass is 432 g/mol. The van der Waals surface area contributed by atoms with Crippen LogP contribution in [0.25, 0.3) is 5.65 Å². The molecule has 1 saturated heterocycles. The summed E-state index contributed by atoms with van der Waals surface area (Å²) >= 11 is 0. The summed E-state index contributed by atoms with van der Waals surface area (Å²) < 4.78 is 6.96. The number of carbonyl (C=O) groups is 1. The lowest BCUT2D eigenvalue weighted by Crippen LogP contribution is -2.55. The van der Waals surface area contributed by atoms with Crippen LogP contribution in [0, 0.1) is 6.92 Å². The molecule has 1 aliphatic heterocycles. The van der Waals surface area contributed by atoms with Gasteiger partial charge in [-0.1, -0.05) is 35.5 Å². The van der Waals surface area contributed by atoms with Crippen LogP contribution in [0.1, 0.15) is 24.3 Å². The highest BCUT2D eigenvalue weighted by Crippen LogP contribution is 2.28. The molecule has 2 unspecified atom stereocenters. The van der Waals surface area contributed by atoms with Crippen molar-refractivity contribution in [1.82, 2.24) is 29.6 Å². The first-order valence-corrected chi connectivity index (χ1v) is 10.5. The summed E-state index contributed by atoms with van der Waals surface area (Å²) in [5, 5.41) is 15.0. The number of nitrogens with one attached hydrogen (secondary N) is 1. The first-order valence-electron chi connectivity index (χ1n) is 10.5. The molecular weight excluding hydrogens is 408 g/mol. The van der Waals surface area contributed by atoms with Crippen LogP contribution in [0.15, 0.2) is 59.6 Å². The third kappa shape index (κ3) is 3.80. The van der Waals surface area contributed by atoms with E-state index in [2.05, 4.69) is 42.4 Å². The van der Waals surface area contributed by atoms with Gasteiger partial charge in [0.2, 0.25) is 11.6 Å². The molecule has 1 N–H and O–H groups in total. The Morgan fingerprint density at radius 1 is 1.25 bits per heavy atom. The summed E-state index contributed by atoms with van der Waals surface area (Å²) in [6, 6.07) is 11.2. The number of aryl methyl sites for hydroxylation is 1. The van der Waals surface area contributed by atoms with E-state index in [9.17, 15) is 4.79 Å². The van der Waals surface area contributed by atoms with Gasteiger partial charge in [0.25, 0.3) is 0 Å². The van der Waals surface area contributed by atoms with Crippen molar-refractivity contribution >= 4 is 23.2 Å². The molecule has 1 fully saturated rings. The van der Waals surface area contributed by atoms with Crippen LogP contribution in [0.3, 0.4) is 0 Å². The lowest BCUT2D eigenvalue weighted by atomic mass is 10.0. The van der Waals surface area contributed by atoms with E-state index in [4.69, 9.17) is 4.52 Å². The highest BCUT2D eigenvalue weighted by Gasteiger charge is 2.34. The van der Waals surface area contributed by atoms with Gasteiger partial charge < -0.3 is 14.7 Å². The van der Waals surface area contributed by atoms with Crippen molar-refractivity contribution in [3.8, 4) is 0 Å². The number of anilines is 2. The minimum absolute atomic E-state index is 0.118. The molecule has 32 heavy (non-hydrogen) atoms. The number of piperazine rings is 1. The molecule has 1 amide bonds. The van der Waals surface area contributed by atoms with E-state index in [0.717, 1.165) is 17.0 Å². The van der Waals surface area contributed by atoms with Gasteiger partial charge in [0.05, 0.1) is 0 Å². The summed E-state index contributed by atoms with van der Waals surface area (Å²) in [5.41, 5.74) is 1.66. The summed E-state index contributed by atoms with van der Waals surface area (Å²) in [6.45, 7) is 6.00. The van der Waals surface area contributed by atoms with Gasteiger partial charge in [-0.15, -0.1) is 10.2 Å². The SMILES string of the molecule is Cc1cc(NC(=O)C(c2ccccc2)N2CCN(c3nccn4cnnc34)C(C)C2)no1. The van der Waals surface area contributed by atoms with E-state index in [-0.39, 0.29) is 11.9 Å². The van der Waals surface area contributed by atoms with Crippen molar-refractivity contribution in [2.75, 3.05) is 29.9 Å². The van der Waals surface area contributed by atoms with Gasteiger partial charge in [0.1, 0.15) is 18.1 Å². The third-order valence-corrected chi connectivity index (χ3v) is 5.74. The Hall–Kier alpha value is -3.79. The maximum atomic E-state index is 13.3. The Labute approximate surface area is 184 Å². The predicted molar refractivity (Wildman–Crippen MR) is 118 cm³/mol. The molecule has 1 aliphatic rings. The highest BCUT2D eigenvalue weighted by molar-refractivity contribution is 5.94. The third-order valence-electron chi connectivity index (χ3n) is 5.74. The van der Waals surface area contributed by atoms with Crippen molar-refractivity contribution in [3.63, 3.8) is 0 Å². The number of hydrogen-bond acceptors (Lipinski definition) is 8. The zero-order chi connectivity index (χ0) is 22.1. The molecule has 1 aromatic carbocycles. The van der Waals surface area contributed by atoms with E-state index in [1.807, 2.05) is 40.9 Å². The normalized spacial score (nSPS) is 18.1. The zero-order valence-corrected chi connectivity index (χ0v) is 17.9. The Morgan fingerprint density at radius 3 is 2.84 bits per heavy atom. The van der Waals surface area contributed by atoms with Crippen LogP contribution in [-0.4, -0.2) is 61.2 Å². The fraction of sp³-hybridized carbons (Fsp3) is 0.318. The molecule has 0 spiro atoms. The summed E-state index contributed by atoms with van der Waals surface area (Å²) in [5.74, 6) is 1.73. The highest BCUT2D eigenvalue weighted by atomic mass is 16.5. The molecule has 0 aliphatic carbocycles. The summed E-state index contributed by atoms with van der Waals surface area (Å²) in [6.07, 6.45) is 5.26. The van der Waals surface area contributed by atoms with Gasteiger partial charge >= 0.3 is 0 Å². The van der Waals surface area contributed by atoms with E-state index in [1.165, 1.54) is 0 Å². The summed E-state index contributed by atoms with van der Waals surface area (Å²) in [4.78, 5) is 22.3. The van der Waals surface area contributed by atoms with E-state index in [0.29, 0.717) is 31.2 Å². The molecule has 10 heteroatoms. The largest absolute Gasteiger partial charge is 0.360 e. The van der Waals surface area contributed by atoms with Crippen LogP contribution in [0.4, 0.5) is 11.6 Å². The second kappa shape index (κ2) is 8.39. The average molecular weight is 432 g/mol. The van der Waals surface area contributed by atoms with Crippen molar-refractivity contribution in [1.29, 1.82) is 0 Å². The molecule has 0 radical (unpaired) electrons. The molecule has 4 heterocycles. The number of nitrogens with zero attached hydrogens (tertiary/aromatic N) is 7. The Morgan fingerprint density at radius 2 is 2.09 bits per heavy atom. The minimum atomic E-state index is -0.449. The number of rotatable bonds is 5. The molecule has 0 saturated carbocycles. The number of amides is 1. The molecular formula is C22H24N8O2. The van der Waals surface area contributed by atoms with Crippen LogP contribution < -0.4 is 10.2 Å². The van der Waals surface area contributed by atoms with Crippen molar-refractivity contribution in [3.05, 3.63) is 66.4 Å². The van der Waals surface area contributed by atoms with Gasteiger partial charge in [-0.2, -0.15) is 0 Å². The number of carbonyl (C=O) groups excluding carboxylic acids is 1. The van der Waals surface area contributed by atoms with E-state index >= 15 is 0 Å². The summed E-state index contributed by atoms with van der Waals surface area (Å²) in [7, 11) is 0. The van der Waals surface area contributed by atoms with Crippen LogP contribution in [0.5, 0.6) is 0 Å². The fourth-order valence-electron chi connectivity index (χ4n) is 4.27. The Kier molecular flexibility index (Phi) is 5.28. The first-order chi connectivity index (χ1) is 15.6. The maximum Gasteiger partial charge on any atom is 0.247 e. The Bertz CT molecular complexity index is 1220. The number of fused-ring (bicyclic) bond motifs is 1. The van der Waals surface area contributed by atoms with Gasteiger partial charge in [0.15, 0.2) is 11.6 Å². The van der Waals surface area contributed by atoms with Crippen molar-refractivity contribution < 1.29 is 9.32 Å². The molecule has 164 valence electrons. The predicted octanol–water partition coefficient (Wildman–Crippen LogP) is 2.31. The topological polar surface area (TPSA) is 105 Å². The molecule has 5 rings (SSSR count). The van der Waals surface area contributed by atoms with Crippen LogP contribution in [0.2, 0.25) is 0 Å². The van der Waals surface area contributed by atoms with Gasteiger partial charge in [-0.25, -0.2) is 4.98 Å². The first kappa shape index (κ1) is 20.1. The molecule has 0 bridgehead atoms. The lowest BCUT2D eigenvalue weighted by molar-refractivity contribution is -0.121. The zero-order valence-electron chi connectivity index (χ0n) is 17.9. The standard InChI is InChI=1S/C22H24N8O2/c1-15-13-28(10-11-30(15)20-21-26-24-14-29(21)9-8-23-20)19(17-6-4-3-5-7-17)22(31)25-18-12-16(2)32-27-18/h3-9,12,14-15,19H,10-11,13H2,1-2H3,(H,25,27,31). The second-order valence-electron chi connectivity index (χ2n) is 7.98. The molecule has 3 aromatic heterocycles. The van der Waals surface area contributed by atoms with Crippen molar-refractivity contribution in [2.45, 2.75) is 25.9 Å². The Balaban J connectivity index is 1.39. The quantitative estimate of drug-likeness (QED) is 0.512. The van der Waals surface area contributed by atoms with E-state index < -0.39 is 6.04 Å². The van der Waals surface area contributed by atoms with Gasteiger partial charge in [0, 0.05) is 44.1 Å². The number of benzene rings is 1. The van der Waals surface area contributed by atoms with E-state index in [1.54, 1.807) is 25.5 Å². The molecule has 4 aromatic rings. The van der Waals surface area contributed by atoms with Crippen molar-refractivity contribution in [2.24, 2.45) is 0 Å². The maximum absolute atomic E-state index is 13.3. The van der Waals surface area contributed by atoms with Gasteiger partial charge in [-0.3, -0.25) is 14.1 Å². The molecule has 10 nitrogen and oxygen atoms in total. The fourth-order valence-corrected chi connectivity index (χ4v) is 4.27. The number of aromatic nitrogens is 5. The molecule has 2 atom stereocenters. The second-order valence-corrected chi connectivity index (χ2v) is 7.98. The average Bonchev–Trinajstić information content (AvgIpc) is 3.43. The van der Waals surface area contributed by atoms with Gasteiger partial charge in [-0.05, 0) is 19.4 Å². The lowest BCUT2D eigenvalue weighted by Gasteiger charge is -2.43. The van der Waals surface area contributed by atoms with Crippen LogP contribution in [-0.2, 0) is 4.79 Å².